The van der Waals surface area contributed by atoms with E-state index in [1.165, 1.54) is 77.2 Å². The van der Waals surface area contributed by atoms with E-state index in [1.807, 2.05) is 0 Å². The predicted molar refractivity (Wildman–Crippen MR) is 72.8 cm³/mol. The minimum absolute atomic E-state index is 0.967. The first-order chi connectivity index (χ1) is 7.79. The second-order valence-corrected chi connectivity index (χ2v) is 5.89. The van der Waals surface area contributed by atoms with Crippen LogP contribution in [0.1, 0.15) is 70.6 Å². The van der Waals surface area contributed by atoms with Crippen molar-refractivity contribution in [1.82, 2.24) is 4.90 Å². The van der Waals surface area contributed by atoms with Gasteiger partial charge in [0.1, 0.15) is 0 Å². The summed E-state index contributed by atoms with van der Waals surface area (Å²) in [4.78, 5) is 2.37. The number of hydrogen-bond acceptors (Lipinski definition) is 1. The summed E-state index contributed by atoms with van der Waals surface area (Å²) in [5, 5.41) is 0. The molecule has 0 atom stereocenters. The molecule has 1 aliphatic carbocycles. The summed E-state index contributed by atoms with van der Waals surface area (Å²) >= 11 is 0. The molecule has 0 spiro atoms. The Labute approximate surface area is 103 Å². The molecule has 1 heteroatoms. The molecule has 0 radical (unpaired) electrons. The number of rotatable bonds is 2. The SMILES string of the molecule is CN(C)CC1CCCCCCCCCCC1. The van der Waals surface area contributed by atoms with Crippen LogP contribution in [0, 0.1) is 5.92 Å². The molecule has 0 aliphatic heterocycles. The quantitative estimate of drug-likeness (QED) is 0.670. The van der Waals surface area contributed by atoms with Crippen LogP contribution in [0.2, 0.25) is 0 Å². The van der Waals surface area contributed by atoms with Gasteiger partial charge in [-0.3, -0.25) is 0 Å². The van der Waals surface area contributed by atoms with Gasteiger partial charge in [-0.1, -0.05) is 57.8 Å². The third kappa shape index (κ3) is 7.27. The zero-order valence-corrected chi connectivity index (χ0v) is 11.5. The Bertz CT molecular complexity index is 142. The van der Waals surface area contributed by atoms with Gasteiger partial charge in [-0.05, 0) is 32.9 Å². The molecule has 96 valence electrons. The Kier molecular flexibility index (Phi) is 7.92. The molecular weight excluding hydrogens is 194 g/mol. The predicted octanol–water partition coefficient (Wildman–Crippen LogP) is 4.47. The van der Waals surface area contributed by atoms with Crippen molar-refractivity contribution in [3.63, 3.8) is 0 Å². The van der Waals surface area contributed by atoms with Crippen molar-refractivity contribution < 1.29 is 0 Å². The van der Waals surface area contributed by atoms with Crippen molar-refractivity contribution in [2.24, 2.45) is 5.92 Å². The molecule has 0 aromatic rings. The highest BCUT2D eigenvalue weighted by molar-refractivity contribution is 4.64. The van der Waals surface area contributed by atoms with Crippen molar-refractivity contribution in [3.05, 3.63) is 0 Å². The lowest BCUT2D eigenvalue weighted by atomic mass is 9.92. The molecule has 1 rings (SSSR count). The van der Waals surface area contributed by atoms with Gasteiger partial charge in [0.25, 0.3) is 0 Å². The van der Waals surface area contributed by atoms with E-state index in [-0.39, 0.29) is 0 Å². The van der Waals surface area contributed by atoms with Gasteiger partial charge < -0.3 is 4.90 Å². The maximum atomic E-state index is 2.37. The Hall–Kier alpha value is -0.0400. The third-order valence-corrected chi connectivity index (χ3v) is 3.85. The molecule has 16 heavy (non-hydrogen) atoms. The maximum Gasteiger partial charge on any atom is 0.000356 e. The first-order valence-electron chi connectivity index (χ1n) is 7.44. The third-order valence-electron chi connectivity index (χ3n) is 3.85. The Morgan fingerprint density at radius 1 is 0.688 bits per heavy atom. The van der Waals surface area contributed by atoms with Crippen LogP contribution in [0.5, 0.6) is 0 Å². The molecule has 0 aromatic heterocycles. The Morgan fingerprint density at radius 2 is 1.06 bits per heavy atom. The van der Waals surface area contributed by atoms with Crippen LogP contribution < -0.4 is 0 Å². The molecule has 0 unspecified atom stereocenters. The largest absolute Gasteiger partial charge is 0.309 e. The second-order valence-electron chi connectivity index (χ2n) is 5.89. The van der Waals surface area contributed by atoms with E-state index in [0.29, 0.717) is 0 Å². The van der Waals surface area contributed by atoms with Crippen LogP contribution in [0.3, 0.4) is 0 Å². The summed E-state index contributed by atoms with van der Waals surface area (Å²) in [7, 11) is 4.44. The van der Waals surface area contributed by atoms with Gasteiger partial charge in [-0.25, -0.2) is 0 Å². The normalized spacial score (nSPS) is 22.7. The van der Waals surface area contributed by atoms with Crippen LogP contribution in [-0.2, 0) is 0 Å². The molecule has 0 bridgehead atoms. The summed E-state index contributed by atoms with van der Waals surface area (Å²) in [5.74, 6) is 0.967. The van der Waals surface area contributed by atoms with Crippen LogP contribution in [0.15, 0.2) is 0 Å². The fraction of sp³-hybridized carbons (Fsp3) is 1.00. The number of nitrogens with zero attached hydrogens (tertiary/aromatic N) is 1. The van der Waals surface area contributed by atoms with Gasteiger partial charge in [-0.15, -0.1) is 0 Å². The van der Waals surface area contributed by atoms with E-state index < -0.39 is 0 Å². The van der Waals surface area contributed by atoms with Gasteiger partial charge in [0.2, 0.25) is 0 Å². The van der Waals surface area contributed by atoms with E-state index in [2.05, 4.69) is 19.0 Å². The van der Waals surface area contributed by atoms with Crippen LogP contribution in [0.25, 0.3) is 0 Å². The van der Waals surface area contributed by atoms with E-state index >= 15 is 0 Å². The van der Waals surface area contributed by atoms with Gasteiger partial charge in [0.15, 0.2) is 0 Å². The summed E-state index contributed by atoms with van der Waals surface area (Å²) in [6.45, 7) is 1.31. The fourth-order valence-corrected chi connectivity index (χ4v) is 2.95. The average Bonchev–Trinajstić information content (AvgIpc) is 2.21. The molecule has 0 saturated heterocycles. The van der Waals surface area contributed by atoms with Crippen molar-refractivity contribution in [2.75, 3.05) is 20.6 Å². The van der Waals surface area contributed by atoms with Gasteiger partial charge in [-0.2, -0.15) is 0 Å². The van der Waals surface area contributed by atoms with E-state index in [4.69, 9.17) is 0 Å². The monoisotopic (exact) mass is 225 g/mol. The minimum atomic E-state index is 0.967. The van der Waals surface area contributed by atoms with E-state index in [1.54, 1.807) is 0 Å². The zero-order chi connectivity index (χ0) is 11.6. The summed E-state index contributed by atoms with van der Waals surface area (Å²) in [6.07, 6.45) is 16.3. The summed E-state index contributed by atoms with van der Waals surface area (Å²) < 4.78 is 0. The van der Waals surface area contributed by atoms with Crippen molar-refractivity contribution in [3.8, 4) is 0 Å². The average molecular weight is 225 g/mol. The lowest BCUT2D eigenvalue weighted by molar-refractivity contribution is 0.284. The molecule has 1 fully saturated rings. The zero-order valence-electron chi connectivity index (χ0n) is 11.5. The Morgan fingerprint density at radius 3 is 1.44 bits per heavy atom. The fourth-order valence-electron chi connectivity index (χ4n) is 2.95. The van der Waals surface area contributed by atoms with Crippen LogP contribution in [0.4, 0.5) is 0 Å². The highest BCUT2D eigenvalue weighted by Crippen LogP contribution is 2.21. The lowest BCUT2D eigenvalue weighted by Gasteiger charge is -2.21. The first kappa shape index (κ1) is 14.0. The summed E-state index contributed by atoms with van der Waals surface area (Å²) in [6, 6.07) is 0. The topological polar surface area (TPSA) is 3.24 Å². The highest BCUT2D eigenvalue weighted by atomic mass is 15.1. The van der Waals surface area contributed by atoms with Gasteiger partial charge in [0.05, 0.1) is 0 Å². The molecule has 0 aromatic carbocycles. The molecule has 0 N–H and O–H groups in total. The summed E-state index contributed by atoms with van der Waals surface area (Å²) in [5.41, 5.74) is 0. The molecular formula is C15H31N. The lowest BCUT2D eigenvalue weighted by Crippen LogP contribution is -2.21. The first-order valence-corrected chi connectivity index (χ1v) is 7.44. The van der Waals surface area contributed by atoms with Crippen LogP contribution in [-0.4, -0.2) is 25.5 Å². The van der Waals surface area contributed by atoms with Crippen molar-refractivity contribution in [2.45, 2.75) is 70.6 Å². The van der Waals surface area contributed by atoms with Crippen molar-refractivity contribution in [1.29, 1.82) is 0 Å². The van der Waals surface area contributed by atoms with Crippen LogP contribution >= 0.6 is 0 Å². The van der Waals surface area contributed by atoms with Gasteiger partial charge >= 0.3 is 0 Å². The van der Waals surface area contributed by atoms with Gasteiger partial charge in [0, 0.05) is 6.54 Å². The second kappa shape index (κ2) is 9.04. The van der Waals surface area contributed by atoms with Crippen molar-refractivity contribution >= 4 is 0 Å². The smallest absolute Gasteiger partial charge is 0.000356 e. The molecule has 1 saturated carbocycles. The molecule has 0 heterocycles. The highest BCUT2D eigenvalue weighted by Gasteiger charge is 2.10. The minimum Gasteiger partial charge on any atom is -0.309 e. The molecule has 0 amide bonds. The number of hydrogen-bond donors (Lipinski definition) is 0. The van der Waals surface area contributed by atoms with E-state index in [9.17, 15) is 0 Å². The molecule has 1 nitrogen and oxygen atoms in total. The molecule has 1 aliphatic rings. The standard InChI is InChI=1S/C15H31N/c1-16(2)14-15-12-10-8-6-4-3-5-7-9-11-13-15/h15H,3-14H2,1-2H3. The Balaban J connectivity index is 2.24. The van der Waals surface area contributed by atoms with E-state index in [0.717, 1.165) is 5.92 Å². The maximum absolute atomic E-state index is 2.37.